The first-order valence-corrected chi connectivity index (χ1v) is 9.28. The van der Waals surface area contributed by atoms with Crippen molar-refractivity contribution in [1.82, 2.24) is 20.0 Å². The van der Waals surface area contributed by atoms with Gasteiger partial charge in [-0.2, -0.15) is 5.10 Å². The molecule has 0 unspecified atom stereocenters. The zero-order chi connectivity index (χ0) is 22.0. The third kappa shape index (κ3) is 4.17. The van der Waals surface area contributed by atoms with Gasteiger partial charge in [-0.3, -0.25) is 14.8 Å². The van der Waals surface area contributed by atoms with Gasteiger partial charge in [0.25, 0.3) is 0 Å². The minimum Gasteiger partial charge on any atom is -0.423 e. The maximum atomic E-state index is 12.4. The predicted molar refractivity (Wildman–Crippen MR) is 109 cm³/mol. The molecule has 0 aliphatic carbocycles. The van der Waals surface area contributed by atoms with Crippen molar-refractivity contribution >= 4 is 11.7 Å². The number of aromatic nitrogens is 4. The lowest BCUT2D eigenvalue weighted by atomic mass is 10.1. The Morgan fingerprint density at radius 3 is 2.42 bits per heavy atom. The maximum Gasteiger partial charge on any atom is 0.343 e. The Morgan fingerprint density at radius 1 is 1.13 bits per heavy atom. The van der Waals surface area contributed by atoms with Crippen molar-refractivity contribution in [2.45, 2.75) is 20.4 Å². The fourth-order valence-electron chi connectivity index (χ4n) is 3.16. The van der Waals surface area contributed by atoms with Crippen molar-refractivity contribution < 1.29 is 18.9 Å². The number of rotatable bonds is 6. The summed E-state index contributed by atoms with van der Waals surface area (Å²) >= 11 is 0. The van der Waals surface area contributed by atoms with Gasteiger partial charge in [-0.25, -0.2) is 4.79 Å². The number of carbonyl (C=O) groups excluding carboxylic acids is 1. The molecule has 0 aliphatic heterocycles. The first-order valence-electron chi connectivity index (χ1n) is 9.28. The van der Waals surface area contributed by atoms with Crippen molar-refractivity contribution in [3.8, 4) is 17.2 Å². The zero-order valence-corrected chi connectivity index (χ0v) is 16.7. The monoisotopic (exact) mass is 419 g/mol. The SMILES string of the molecule is Cc1nn(Cc2ccc(C(=O)Oc3ccc(-c4nnco4)cc3)cc2)c(C)c1[N+](=O)[O-]. The highest BCUT2D eigenvalue weighted by Crippen LogP contribution is 2.23. The Kier molecular flexibility index (Phi) is 5.27. The van der Waals surface area contributed by atoms with Gasteiger partial charge in [-0.1, -0.05) is 12.1 Å². The van der Waals surface area contributed by atoms with Gasteiger partial charge >= 0.3 is 11.7 Å². The minimum atomic E-state index is -0.501. The van der Waals surface area contributed by atoms with E-state index in [0.29, 0.717) is 40.7 Å². The Morgan fingerprint density at radius 2 is 1.84 bits per heavy atom. The van der Waals surface area contributed by atoms with Crippen LogP contribution in [0.2, 0.25) is 0 Å². The predicted octanol–water partition coefficient (Wildman–Crippen LogP) is 3.73. The average molecular weight is 419 g/mol. The number of nitrogens with zero attached hydrogens (tertiary/aromatic N) is 5. The average Bonchev–Trinajstić information content (AvgIpc) is 3.37. The number of hydrogen-bond donors (Lipinski definition) is 0. The van der Waals surface area contributed by atoms with Crippen molar-refractivity contribution in [2.75, 3.05) is 0 Å². The van der Waals surface area contributed by atoms with E-state index in [2.05, 4.69) is 15.3 Å². The van der Waals surface area contributed by atoms with E-state index in [-0.39, 0.29) is 5.69 Å². The van der Waals surface area contributed by atoms with E-state index >= 15 is 0 Å². The van der Waals surface area contributed by atoms with Crippen LogP contribution in [0.1, 0.15) is 27.3 Å². The third-order valence-corrected chi connectivity index (χ3v) is 4.72. The number of nitro groups is 1. The number of esters is 1. The molecule has 0 aliphatic rings. The second kappa shape index (κ2) is 8.19. The van der Waals surface area contributed by atoms with Gasteiger partial charge in [0.15, 0.2) is 0 Å². The molecule has 0 saturated carbocycles. The molecule has 2 heterocycles. The molecule has 0 radical (unpaired) electrons. The Bertz CT molecular complexity index is 1230. The van der Waals surface area contributed by atoms with Crippen molar-refractivity contribution in [3.63, 3.8) is 0 Å². The molecule has 0 amide bonds. The lowest BCUT2D eigenvalue weighted by Crippen LogP contribution is -2.09. The van der Waals surface area contributed by atoms with Crippen LogP contribution in [0.5, 0.6) is 5.75 Å². The van der Waals surface area contributed by atoms with Crippen LogP contribution in [0.3, 0.4) is 0 Å². The summed E-state index contributed by atoms with van der Waals surface area (Å²) in [6.07, 6.45) is 1.24. The van der Waals surface area contributed by atoms with Crippen LogP contribution >= 0.6 is 0 Å². The van der Waals surface area contributed by atoms with Crippen molar-refractivity contribution in [2.24, 2.45) is 0 Å². The van der Waals surface area contributed by atoms with Crippen LogP contribution < -0.4 is 4.74 Å². The second-order valence-electron chi connectivity index (χ2n) is 6.79. The van der Waals surface area contributed by atoms with Gasteiger partial charge in [0.2, 0.25) is 12.3 Å². The summed E-state index contributed by atoms with van der Waals surface area (Å²) in [6.45, 7) is 3.62. The summed E-state index contributed by atoms with van der Waals surface area (Å²) in [7, 11) is 0. The molecule has 0 spiro atoms. The fourth-order valence-corrected chi connectivity index (χ4v) is 3.16. The number of ether oxygens (including phenoxy) is 1. The lowest BCUT2D eigenvalue weighted by Gasteiger charge is -2.07. The Hall–Kier alpha value is -4.34. The standard InChI is InChI=1S/C21H17N5O5/c1-13-19(26(28)29)14(2)25(24-13)11-15-3-5-17(6-4-15)21(27)31-18-9-7-16(8-10-18)20-23-22-12-30-20/h3-10,12H,11H2,1-2H3. The Labute approximate surface area is 176 Å². The third-order valence-electron chi connectivity index (χ3n) is 4.72. The molecule has 10 heteroatoms. The van der Waals surface area contributed by atoms with Crippen LogP contribution in [0.15, 0.2) is 59.3 Å². The van der Waals surface area contributed by atoms with E-state index in [1.807, 2.05) is 0 Å². The van der Waals surface area contributed by atoms with E-state index in [0.717, 1.165) is 5.56 Å². The number of hydrogen-bond acceptors (Lipinski definition) is 8. The van der Waals surface area contributed by atoms with E-state index in [9.17, 15) is 14.9 Å². The molecule has 0 N–H and O–H groups in total. The molecule has 31 heavy (non-hydrogen) atoms. The molecule has 0 bridgehead atoms. The molecule has 4 rings (SSSR count). The summed E-state index contributed by atoms with van der Waals surface area (Å²) in [5.74, 6) is 0.257. The quantitative estimate of drug-likeness (QED) is 0.200. The van der Waals surface area contributed by atoms with Gasteiger partial charge in [0.05, 0.1) is 17.0 Å². The topological polar surface area (TPSA) is 126 Å². The van der Waals surface area contributed by atoms with Crippen LogP contribution in [0, 0.1) is 24.0 Å². The number of carbonyl (C=O) groups is 1. The molecule has 10 nitrogen and oxygen atoms in total. The molecule has 0 atom stereocenters. The molecule has 0 saturated heterocycles. The van der Waals surface area contributed by atoms with Crippen LogP contribution in [0.25, 0.3) is 11.5 Å². The largest absolute Gasteiger partial charge is 0.423 e. The van der Waals surface area contributed by atoms with Gasteiger partial charge in [0, 0.05) is 5.56 Å². The molecular weight excluding hydrogens is 402 g/mol. The summed E-state index contributed by atoms with van der Waals surface area (Å²) in [5, 5.41) is 22.8. The van der Waals surface area contributed by atoms with Crippen LogP contribution in [-0.4, -0.2) is 30.9 Å². The summed E-state index contributed by atoms with van der Waals surface area (Å²) < 4.78 is 12.1. The van der Waals surface area contributed by atoms with Crippen LogP contribution in [-0.2, 0) is 6.54 Å². The molecule has 0 fully saturated rings. The highest BCUT2D eigenvalue weighted by molar-refractivity contribution is 5.91. The minimum absolute atomic E-state index is 0.0188. The van der Waals surface area contributed by atoms with Crippen LogP contribution in [0.4, 0.5) is 5.69 Å². The first kappa shape index (κ1) is 20.0. The zero-order valence-electron chi connectivity index (χ0n) is 16.7. The first-order chi connectivity index (χ1) is 14.9. The smallest absolute Gasteiger partial charge is 0.343 e. The van der Waals surface area contributed by atoms with E-state index in [4.69, 9.17) is 9.15 Å². The number of benzene rings is 2. The van der Waals surface area contributed by atoms with Gasteiger partial charge < -0.3 is 9.15 Å². The fraction of sp³-hybridized carbons (Fsp3) is 0.143. The van der Waals surface area contributed by atoms with Crippen molar-refractivity contribution in [1.29, 1.82) is 0 Å². The molecule has 156 valence electrons. The van der Waals surface area contributed by atoms with Gasteiger partial charge in [0.1, 0.15) is 17.1 Å². The second-order valence-corrected chi connectivity index (χ2v) is 6.79. The summed E-state index contributed by atoms with van der Waals surface area (Å²) in [6, 6.07) is 13.5. The van der Waals surface area contributed by atoms with E-state index < -0.39 is 10.9 Å². The van der Waals surface area contributed by atoms with Crippen molar-refractivity contribution in [3.05, 3.63) is 87.6 Å². The normalized spacial score (nSPS) is 10.8. The number of aryl methyl sites for hydroxylation is 1. The van der Waals surface area contributed by atoms with E-state index in [1.54, 1.807) is 67.1 Å². The lowest BCUT2D eigenvalue weighted by molar-refractivity contribution is -0.386. The molecule has 4 aromatic rings. The highest BCUT2D eigenvalue weighted by atomic mass is 16.6. The Balaban J connectivity index is 1.43. The molecular formula is C21H17N5O5. The van der Waals surface area contributed by atoms with Gasteiger partial charge in [-0.15, -0.1) is 10.2 Å². The highest BCUT2D eigenvalue weighted by Gasteiger charge is 2.21. The molecule has 2 aromatic heterocycles. The van der Waals surface area contributed by atoms with Gasteiger partial charge in [-0.05, 0) is 55.8 Å². The molecule has 2 aromatic carbocycles. The maximum absolute atomic E-state index is 12.4. The summed E-state index contributed by atoms with van der Waals surface area (Å²) in [5.41, 5.74) is 2.81. The summed E-state index contributed by atoms with van der Waals surface area (Å²) in [4.78, 5) is 23.1. The van der Waals surface area contributed by atoms with E-state index in [1.165, 1.54) is 6.39 Å².